The molecule has 128 valence electrons. The summed E-state index contributed by atoms with van der Waals surface area (Å²) in [4.78, 5) is 27.3. The van der Waals surface area contributed by atoms with Crippen LogP contribution >= 0.6 is 23.1 Å². The van der Waals surface area contributed by atoms with E-state index in [1.165, 1.54) is 16.0 Å². The number of carbonyl (C=O) groups excluding carboxylic acids is 2. The highest BCUT2D eigenvalue weighted by molar-refractivity contribution is 7.99. The number of aromatic nitrogens is 4. The molecule has 0 unspecified atom stereocenters. The van der Waals surface area contributed by atoms with Gasteiger partial charge in [0.1, 0.15) is 5.00 Å². The summed E-state index contributed by atoms with van der Waals surface area (Å²) in [5.41, 5.74) is 6.30. The van der Waals surface area contributed by atoms with Crippen molar-refractivity contribution in [3.8, 4) is 11.4 Å². The summed E-state index contributed by atoms with van der Waals surface area (Å²) in [5, 5.41) is 13.2. The molecule has 0 fully saturated rings. The van der Waals surface area contributed by atoms with Crippen molar-refractivity contribution in [3.63, 3.8) is 0 Å². The summed E-state index contributed by atoms with van der Waals surface area (Å²) in [6, 6.07) is 5.08. The molecule has 0 spiro atoms. The lowest BCUT2D eigenvalue weighted by Gasteiger charge is -2.05. The third-order valence-electron chi connectivity index (χ3n) is 3.12. The number of hydrogen-bond acceptors (Lipinski definition) is 8. The van der Waals surface area contributed by atoms with E-state index >= 15 is 0 Å². The van der Waals surface area contributed by atoms with Crippen molar-refractivity contribution in [1.29, 1.82) is 0 Å². The number of rotatable bonds is 6. The van der Waals surface area contributed by atoms with Gasteiger partial charge in [-0.3, -0.25) is 14.6 Å². The van der Waals surface area contributed by atoms with Crippen molar-refractivity contribution in [2.45, 2.75) is 5.16 Å². The molecule has 3 heterocycles. The molecule has 3 aromatic heterocycles. The second-order valence-corrected chi connectivity index (χ2v) is 6.64. The fourth-order valence-corrected chi connectivity index (χ4v) is 3.43. The Labute approximate surface area is 150 Å². The molecule has 0 atom stereocenters. The summed E-state index contributed by atoms with van der Waals surface area (Å²) in [6.07, 6.45) is 3.25. The van der Waals surface area contributed by atoms with Gasteiger partial charge in [0.25, 0.3) is 5.91 Å². The highest BCUT2D eigenvalue weighted by Gasteiger charge is 2.16. The number of nitrogens with one attached hydrogen (secondary N) is 1. The van der Waals surface area contributed by atoms with E-state index in [2.05, 4.69) is 20.5 Å². The zero-order valence-corrected chi connectivity index (χ0v) is 14.4. The Morgan fingerprint density at radius 2 is 2.00 bits per heavy atom. The van der Waals surface area contributed by atoms with Crippen LogP contribution in [0.1, 0.15) is 10.4 Å². The molecule has 2 amide bonds. The molecule has 0 saturated carbocycles. The second-order valence-electron chi connectivity index (χ2n) is 4.78. The van der Waals surface area contributed by atoms with Crippen molar-refractivity contribution in [2.75, 3.05) is 16.9 Å². The first-order valence-electron chi connectivity index (χ1n) is 6.97. The molecular formula is C14H13N7O2S2. The van der Waals surface area contributed by atoms with Crippen LogP contribution < -0.4 is 16.9 Å². The van der Waals surface area contributed by atoms with E-state index in [1.54, 1.807) is 36.0 Å². The van der Waals surface area contributed by atoms with Gasteiger partial charge < -0.3 is 16.9 Å². The standard InChI is InChI=1S/C14H13N7O2S2/c15-11(23)9-3-6-24-13(9)18-10(22)7-25-14-20-19-12(21(14)16)8-1-4-17-5-2-8/h1-6H,7,16H2,(H2,15,23)(H,18,22). The second kappa shape index (κ2) is 7.32. The summed E-state index contributed by atoms with van der Waals surface area (Å²) < 4.78 is 1.31. The van der Waals surface area contributed by atoms with Gasteiger partial charge in [0.2, 0.25) is 11.1 Å². The normalized spacial score (nSPS) is 10.6. The van der Waals surface area contributed by atoms with Crippen LogP contribution in [0.3, 0.4) is 0 Å². The number of pyridine rings is 1. The smallest absolute Gasteiger partial charge is 0.251 e. The van der Waals surface area contributed by atoms with E-state index in [0.29, 0.717) is 16.0 Å². The number of primary amides is 1. The number of anilines is 1. The SMILES string of the molecule is NC(=O)c1ccsc1NC(=O)CSc1nnc(-c2ccncc2)n1N. The molecule has 3 aromatic rings. The number of amides is 2. The van der Waals surface area contributed by atoms with Gasteiger partial charge in [0.15, 0.2) is 5.82 Å². The molecular weight excluding hydrogens is 362 g/mol. The van der Waals surface area contributed by atoms with Crippen LogP contribution in [-0.2, 0) is 4.79 Å². The van der Waals surface area contributed by atoms with Gasteiger partial charge in [0, 0.05) is 18.0 Å². The summed E-state index contributed by atoms with van der Waals surface area (Å²) in [6.45, 7) is 0. The van der Waals surface area contributed by atoms with Crippen molar-refractivity contribution in [2.24, 2.45) is 5.73 Å². The van der Waals surface area contributed by atoms with Crippen molar-refractivity contribution in [1.82, 2.24) is 19.9 Å². The number of nitrogens with zero attached hydrogens (tertiary/aromatic N) is 4. The lowest BCUT2D eigenvalue weighted by molar-refractivity contribution is -0.113. The maximum absolute atomic E-state index is 12.1. The van der Waals surface area contributed by atoms with Gasteiger partial charge in [-0.15, -0.1) is 21.5 Å². The lowest BCUT2D eigenvalue weighted by atomic mass is 10.2. The molecule has 0 radical (unpaired) electrons. The van der Waals surface area contributed by atoms with E-state index in [0.717, 1.165) is 17.3 Å². The minimum Gasteiger partial charge on any atom is -0.366 e. The first-order valence-corrected chi connectivity index (χ1v) is 8.83. The van der Waals surface area contributed by atoms with Crippen LogP contribution in [0.2, 0.25) is 0 Å². The Balaban J connectivity index is 1.64. The third-order valence-corrected chi connectivity index (χ3v) is 4.89. The van der Waals surface area contributed by atoms with Gasteiger partial charge in [0.05, 0.1) is 11.3 Å². The number of nitrogen functional groups attached to an aromatic ring is 1. The molecule has 25 heavy (non-hydrogen) atoms. The summed E-state index contributed by atoms with van der Waals surface area (Å²) in [7, 11) is 0. The minimum absolute atomic E-state index is 0.0573. The van der Waals surface area contributed by atoms with Gasteiger partial charge in [-0.1, -0.05) is 11.8 Å². The average Bonchev–Trinajstić information content (AvgIpc) is 3.20. The molecule has 0 aliphatic heterocycles. The molecule has 0 aliphatic carbocycles. The summed E-state index contributed by atoms with van der Waals surface area (Å²) >= 11 is 2.36. The van der Waals surface area contributed by atoms with Gasteiger partial charge in [-0.25, -0.2) is 4.68 Å². The van der Waals surface area contributed by atoms with E-state index < -0.39 is 5.91 Å². The zero-order valence-electron chi connectivity index (χ0n) is 12.7. The number of hydrogen-bond donors (Lipinski definition) is 3. The number of thioether (sulfide) groups is 1. The van der Waals surface area contributed by atoms with Crippen LogP contribution in [0.25, 0.3) is 11.4 Å². The minimum atomic E-state index is -0.590. The first kappa shape index (κ1) is 16.9. The maximum atomic E-state index is 12.1. The molecule has 0 aliphatic rings. The highest BCUT2D eigenvalue weighted by Crippen LogP contribution is 2.24. The van der Waals surface area contributed by atoms with Crippen LogP contribution in [0, 0.1) is 0 Å². The molecule has 0 aromatic carbocycles. The highest BCUT2D eigenvalue weighted by atomic mass is 32.2. The van der Waals surface area contributed by atoms with E-state index in [4.69, 9.17) is 11.6 Å². The Bertz CT molecular complexity index is 907. The summed E-state index contributed by atoms with van der Waals surface area (Å²) in [5.74, 6) is 5.62. The van der Waals surface area contributed by atoms with Crippen molar-refractivity contribution in [3.05, 3.63) is 41.5 Å². The monoisotopic (exact) mass is 375 g/mol. The van der Waals surface area contributed by atoms with Gasteiger partial charge in [-0.05, 0) is 23.6 Å². The molecule has 0 saturated heterocycles. The Morgan fingerprint density at radius 3 is 2.72 bits per heavy atom. The number of thiophene rings is 1. The van der Waals surface area contributed by atoms with E-state index in [1.807, 2.05) is 0 Å². The van der Waals surface area contributed by atoms with Crippen molar-refractivity contribution < 1.29 is 9.59 Å². The quantitative estimate of drug-likeness (QED) is 0.430. The Hall–Kier alpha value is -2.92. The molecule has 0 bridgehead atoms. The fourth-order valence-electron chi connectivity index (χ4n) is 1.97. The average molecular weight is 375 g/mol. The number of nitrogens with two attached hydrogens (primary N) is 2. The van der Waals surface area contributed by atoms with Crippen LogP contribution in [0.15, 0.2) is 41.1 Å². The molecule has 3 rings (SSSR count). The Kier molecular flexibility index (Phi) is 4.95. The van der Waals surface area contributed by atoms with Crippen molar-refractivity contribution >= 4 is 39.9 Å². The van der Waals surface area contributed by atoms with Crippen LogP contribution in [-0.4, -0.2) is 37.4 Å². The topological polar surface area (TPSA) is 142 Å². The largest absolute Gasteiger partial charge is 0.366 e. The molecule has 11 heteroatoms. The number of carbonyl (C=O) groups is 2. The van der Waals surface area contributed by atoms with Crippen LogP contribution in [0.5, 0.6) is 0 Å². The predicted octanol–water partition coefficient (Wildman–Crippen LogP) is 0.945. The molecule has 9 nitrogen and oxygen atoms in total. The van der Waals surface area contributed by atoms with E-state index in [-0.39, 0.29) is 17.2 Å². The maximum Gasteiger partial charge on any atom is 0.251 e. The van der Waals surface area contributed by atoms with E-state index in [9.17, 15) is 9.59 Å². The van der Waals surface area contributed by atoms with Gasteiger partial charge >= 0.3 is 0 Å². The van der Waals surface area contributed by atoms with Gasteiger partial charge in [-0.2, -0.15) is 0 Å². The first-order chi connectivity index (χ1) is 12.1. The van der Waals surface area contributed by atoms with Crippen LogP contribution in [0.4, 0.5) is 5.00 Å². The Morgan fingerprint density at radius 1 is 1.24 bits per heavy atom. The zero-order chi connectivity index (χ0) is 17.8. The molecule has 5 N–H and O–H groups in total. The lowest BCUT2D eigenvalue weighted by Crippen LogP contribution is -2.18. The fraction of sp³-hybridized carbons (Fsp3) is 0.0714. The third kappa shape index (κ3) is 3.78. The predicted molar refractivity (Wildman–Crippen MR) is 95.6 cm³/mol.